The summed E-state index contributed by atoms with van der Waals surface area (Å²) in [5.41, 5.74) is -0.500. The molecule has 4 rings (SSSR count). The fraction of sp³-hybridized carbons (Fsp3) is 0.875. The number of piperazine rings is 1. The van der Waals surface area contributed by atoms with Gasteiger partial charge in [-0.05, 0) is 25.7 Å². The van der Waals surface area contributed by atoms with E-state index < -0.39 is 5.41 Å². The molecule has 1 N–H and O–H groups in total. The third kappa shape index (κ3) is 2.65. The van der Waals surface area contributed by atoms with Gasteiger partial charge < -0.3 is 4.90 Å². The standard InChI is InChI=1S/C16H26N6O/c23-15(16(7-4-8-16)14-17-19-20-18-14)22-11-9-21(10-12-22)13-5-2-1-3-6-13/h13H,1-12H2,(H,17,18,19,20). The molecule has 3 fully saturated rings. The molecule has 1 amide bonds. The number of nitrogens with zero attached hydrogens (tertiary/aromatic N) is 5. The minimum absolute atomic E-state index is 0.216. The summed E-state index contributed by atoms with van der Waals surface area (Å²) in [5, 5.41) is 14.4. The maximum absolute atomic E-state index is 13.1. The number of aromatic nitrogens is 4. The Balaban J connectivity index is 1.39. The van der Waals surface area contributed by atoms with Gasteiger partial charge in [0.1, 0.15) is 5.41 Å². The highest BCUT2D eigenvalue weighted by atomic mass is 16.2. The van der Waals surface area contributed by atoms with Crippen LogP contribution < -0.4 is 0 Å². The summed E-state index contributed by atoms with van der Waals surface area (Å²) >= 11 is 0. The van der Waals surface area contributed by atoms with Crippen LogP contribution in [0.25, 0.3) is 0 Å². The number of rotatable bonds is 3. The zero-order valence-electron chi connectivity index (χ0n) is 13.7. The second-order valence-electron chi connectivity index (χ2n) is 7.29. The summed E-state index contributed by atoms with van der Waals surface area (Å²) < 4.78 is 0. The Morgan fingerprint density at radius 3 is 2.35 bits per heavy atom. The van der Waals surface area contributed by atoms with E-state index in [4.69, 9.17) is 0 Å². The van der Waals surface area contributed by atoms with Gasteiger partial charge in [0.05, 0.1) is 0 Å². The smallest absolute Gasteiger partial charge is 0.236 e. The highest BCUT2D eigenvalue weighted by Crippen LogP contribution is 2.43. The van der Waals surface area contributed by atoms with Crippen molar-refractivity contribution in [2.45, 2.75) is 62.8 Å². The summed E-state index contributed by atoms with van der Waals surface area (Å²) in [7, 11) is 0. The molecule has 3 aliphatic rings. The van der Waals surface area contributed by atoms with Crippen molar-refractivity contribution < 1.29 is 4.79 Å². The van der Waals surface area contributed by atoms with E-state index in [1.54, 1.807) is 0 Å². The van der Waals surface area contributed by atoms with Gasteiger partial charge in [-0.3, -0.25) is 9.69 Å². The van der Waals surface area contributed by atoms with Crippen molar-refractivity contribution in [2.24, 2.45) is 0 Å². The molecule has 0 unspecified atom stereocenters. The second kappa shape index (κ2) is 6.19. The monoisotopic (exact) mass is 318 g/mol. The maximum Gasteiger partial charge on any atom is 0.236 e. The van der Waals surface area contributed by atoms with Crippen LogP contribution in [0, 0.1) is 0 Å². The topological polar surface area (TPSA) is 78.0 Å². The lowest BCUT2D eigenvalue weighted by Crippen LogP contribution is -2.58. The quantitative estimate of drug-likeness (QED) is 0.903. The molecular weight excluding hydrogens is 292 g/mol. The second-order valence-corrected chi connectivity index (χ2v) is 7.29. The minimum Gasteiger partial charge on any atom is -0.339 e. The number of hydrogen-bond donors (Lipinski definition) is 1. The van der Waals surface area contributed by atoms with Crippen LogP contribution >= 0.6 is 0 Å². The molecule has 2 heterocycles. The Morgan fingerprint density at radius 2 is 1.78 bits per heavy atom. The Morgan fingerprint density at radius 1 is 1.04 bits per heavy atom. The van der Waals surface area contributed by atoms with Crippen LogP contribution in [0.15, 0.2) is 0 Å². The summed E-state index contributed by atoms with van der Waals surface area (Å²) in [4.78, 5) is 17.7. The average molecular weight is 318 g/mol. The number of hydrogen-bond acceptors (Lipinski definition) is 5. The molecular formula is C16H26N6O. The van der Waals surface area contributed by atoms with E-state index in [-0.39, 0.29) is 5.91 Å². The zero-order chi connectivity index (χ0) is 15.7. The fourth-order valence-corrected chi connectivity index (χ4v) is 4.47. The van der Waals surface area contributed by atoms with Crippen molar-refractivity contribution in [3.8, 4) is 0 Å². The molecule has 23 heavy (non-hydrogen) atoms. The van der Waals surface area contributed by atoms with Crippen LogP contribution in [0.4, 0.5) is 0 Å². The van der Waals surface area contributed by atoms with Gasteiger partial charge in [0.15, 0.2) is 5.82 Å². The van der Waals surface area contributed by atoms with Crippen LogP contribution in [0.2, 0.25) is 0 Å². The summed E-state index contributed by atoms with van der Waals surface area (Å²) in [6.45, 7) is 3.71. The van der Waals surface area contributed by atoms with Gasteiger partial charge in [-0.15, -0.1) is 10.2 Å². The molecule has 7 nitrogen and oxygen atoms in total. The molecule has 2 saturated carbocycles. The van der Waals surface area contributed by atoms with Crippen LogP contribution in [-0.4, -0.2) is 68.6 Å². The largest absolute Gasteiger partial charge is 0.339 e. The van der Waals surface area contributed by atoms with Crippen molar-refractivity contribution in [1.82, 2.24) is 30.4 Å². The van der Waals surface area contributed by atoms with Gasteiger partial charge in [-0.2, -0.15) is 5.21 Å². The lowest BCUT2D eigenvalue weighted by molar-refractivity contribution is -0.143. The number of aromatic amines is 1. The van der Waals surface area contributed by atoms with E-state index in [2.05, 4.69) is 25.5 Å². The fourth-order valence-electron chi connectivity index (χ4n) is 4.47. The van der Waals surface area contributed by atoms with Crippen LogP contribution in [0.1, 0.15) is 57.2 Å². The van der Waals surface area contributed by atoms with Crippen LogP contribution in [0.3, 0.4) is 0 Å². The predicted molar refractivity (Wildman–Crippen MR) is 84.7 cm³/mol. The highest BCUT2D eigenvalue weighted by Gasteiger charge is 2.51. The zero-order valence-corrected chi connectivity index (χ0v) is 13.7. The molecule has 0 atom stereocenters. The summed E-state index contributed by atoms with van der Waals surface area (Å²) in [5.74, 6) is 0.803. The van der Waals surface area contributed by atoms with E-state index in [0.29, 0.717) is 5.82 Å². The molecule has 0 radical (unpaired) electrons. The molecule has 1 aromatic rings. The van der Waals surface area contributed by atoms with Crippen molar-refractivity contribution in [1.29, 1.82) is 0 Å². The molecule has 1 aromatic heterocycles. The van der Waals surface area contributed by atoms with E-state index in [0.717, 1.165) is 51.5 Å². The molecule has 2 aliphatic carbocycles. The first kappa shape index (κ1) is 15.1. The number of H-pyrrole nitrogens is 1. The molecule has 0 aromatic carbocycles. The van der Waals surface area contributed by atoms with Crippen LogP contribution in [-0.2, 0) is 10.2 Å². The Labute approximate surface area is 136 Å². The SMILES string of the molecule is O=C(N1CCN(C2CCCCC2)CC1)C1(c2nn[nH]n2)CCC1. The molecule has 1 aliphatic heterocycles. The van der Waals surface area contributed by atoms with Crippen LogP contribution in [0.5, 0.6) is 0 Å². The van der Waals surface area contributed by atoms with Gasteiger partial charge in [-0.25, -0.2) is 0 Å². The lowest BCUT2D eigenvalue weighted by Gasteiger charge is -2.45. The summed E-state index contributed by atoms with van der Waals surface area (Å²) in [6.07, 6.45) is 9.57. The number of nitrogens with one attached hydrogen (secondary N) is 1. The number of amides is 1. The van der Waals surface area contributed by atoms with Gasteiger partial charge in [-0.1, -0.05) is 30.9 Å². The van der Waals surface area contributed by atoms with Gasteiger partial charge in [0, 0.05) is 32.2 Å². The third-order valence-electron chi connectivity index (χ3n) is 6.08. The first-order valence-electron chi connectivity index (χ1n) is 9.07. The van der Waals surface area contributed by atoms with E-state index in [9.17, 15) is 4.79 Å². The van der Waals surface area contributed by atoms with Gasteiger partial charge in [0.2, 0.25) is 5.91 Å². The average Bonchev–Trinajstić information content (AvgIpc) is 3.09. The van der Waals surface area contributed by atoms with E-state index in [1.165, 1.54) is 32.1 Å². The molecule has 0 spiro atoms. The molecule has 126 valence electrons. The molecule has 0 bridgehead atoms. The number of carbonyl (C=O) groups is 1. The first-order valence-corrected chi connectivity index (χ1v) is 9.07. The predicted octanol–water partition coefficient (Wildman–Crippen LogP) is 1.10. The Hall–Kier alpha value is -1.50. The maximum atomic E-state index is 13.1. The lowest BCUT2D eigenvalue weighted by atomic mass is 9.67. The van der Waals surface area contributed by atoms with Crippen molar-refractivity contribution in [2.75, 3.05) is 26.2 Å². The Kier molecular flexibility index (Phi) is 4.05. The van der Waals surface area contributed by atoms with Gasteiger partial charge >= 0.3 is 0 Å². The summed E-state index contributed by atoms with van der Waals surface area (Å²) in [6, 6.07) is 0.746. The van der Waals surface area contributed by atoms with E-state index >= 15 is 0 Å². The normalized spacial score (nSPS) is 26.0. The first-order chi connectivity index (χ1) is 11.3. The van der Waals surface area contributed by atoms with Crippen molar-refractivity contribution >= 4 is 5.91 Å². The third-order valence-corrected chi connectivity index (χ3v) is 6.08. The Bertz CT molecular complexity index is 527. The van der Waals surface area contributed by atoms with Crippen molar-refractivity contribution in [3.63, 3.8) is 0 Å². The minimum atomic E-state index is -0.500. The van der Waals surface area contributed by atoms with Gasteiger partial charge in [0.25, 0.3) is 0 Å². The molecule has 1 saturated heterocycles. The molecule has 7 heteroatoms. The number of tetrazole rings is 1. The highest BCUT2D eigenvalue weighted by molar-refractivity contribution is 5.88. The van der Waals surface area contributed by atoms with E-state index in [1.807, 2.05) is 4.90 Å². The number of carbonyl (C=O) groups excluding carboxylic acids is 1. The van der Waals surface area contributed by atoms with Crippen molar-refractivity contribution in [3.05, 3.63) is 5.82 Å².